The van der Waals surface area contributed by atoms with Crippen LogP contribution in [0.25, 0.3) is 0 Å². The molecule has 1 N–H and O–H groups in total. The second-order valence-electron chi connectivity index (χ2n) is 3.50. The number of imidazole rings is 1. The van der Waals surface area contributed by atoms with Gasteiger partial charge in [-0.2, -0.15) is 0 Å². The van der Waals surface area contributed by atoms with E-state index in [1.807, 2.05) is 12.5 Å². The van der Waals surface area contributed by atoms with Gasteiger partial charge >= 0.3 is 0 Å². The van der Waals surface area contributed by atoms with Crippen LogP contribution in [0.4, 0.5) is 0 Å². The smallest absolute Gasteiger partial charge is 0.0948 e. The molecule has 0 atom stereocenters. The summed E-state index contributed by atoms with van der Waals surface area (Å²) in [5.74, 6) is 0. The van der Waals surface area contributed by atoms with Crippen LogP contribution in [-0.4, -0.2) is 21.3 Å². The van der Waals surface area contributed by atoms with E-state index >= 15 is 0 Å². The third kappa shape index (κ3) is 0.966. The number of hydrogen-bond donors (Lipinski definition) is 1. The number of rotatable bonds is 3. The molecule has 0 saturated heterocycles. The highest BCUT2D eigenvalue weighted by Crippen LogP contribution is 2.47. The SMILES string of the molecule is CCn1cncc1C1(CO)CC1. The average Bonchev–Trinajstić information content (AvgIpc) is 2.76. The topological polar surface area (TPSA) is 38.0 Å². The zero-order chi connectivity index (χ0) is 8.60. The van der Waals surface area contributed by atoms with Crippen LogP contribution in [0, 0.1) is 0 Å². The van der Waals surface area contributed by atoms with Crippen LogP contribution in [-0.2, 0) is 12.0 Å². The number of aromatic nitrogens is 2. The molecule has 2 rings (SSSR count). The molecule has 1 aromatic heterocycles. The van der Waals surface area contributed by atoms with Crippen LogP contribution >= 0.6 is 0 Å². The third-order valence-electron chi connectivity index (χ3n) is 2.75. The molecular weight excluding hydrogens is 152 g/mol. The lowest BCUT2D eigenvalue weighted by Crippen LogP contribution is -2.16. The van der Waals surface area contributed by atoms with Crippen molar-refractivity contribution in [1.29, 1.82) is 0 Å². The van der Waals surface area contributed by atoms with Crippen molar-refractivity contribution in [2.45, 2.75) is 31.7 Å². The third-order valence-corrected chi connectivity index (χ3v) is 2.75. The minimum Gasteiger partial charge on any atom is -0.395 e. The summed E-state index contributed by atoms with van der Waals surface area (Å²) in [6.07, 6.45) is 5.93. The van der Waals surface area contributed by atoms with Crippen molar-refractivity contribution in [3.8, 4) is 0 Å². The molecule has 0 aliphatic heterocycles. The Kier molecular flexibility index (Phi) is 1.68. The summed E-state index contributed by atoms with van der Waals surface area (Å²) in [7, 11) is 0. The van der Waals surface area contributed by atoms with Crippen molar-refractivity contribution in [2.24, 2.45) is 0 Å². The zero-order valence-corrected chi connectivity index (χ0v) is 7.32. The molecule has 0 radical (unpaired) electrons. The van der Waals surface area contributed by atoms with E-state index in [-0.39, 0.29) is 12.0 Å². The van der Waals surface area contributed by atoms with Gasteiger partial charge in [0.25, 0.3) is 0 Å². The normalized spacial score (nSPS) is 19.5. The number of aryl methyl sites for hydroxylation is 1. The van der Waals surface area contributed by atoms with Gasteiger partial charge in [0.15, 0.2) is 0 Å². The van der Waals surface area contributed by atoms with Crippen LogP contribution < -0.4 is 0 Å². The summed E-state index contributed by atoms with van der Waals surface area (Å²) in [6, 6.07) is 0. The molecule has 0 bridgehead atoms. The fraction of sp³-hybridized carbons (Fsp3) is 0.667. The summed E-state index contributed by atoms with van der Waals surface area (Å²) in [6.45, 7) is 3.30. The van der Waals surface area contributed by atoms with Crippen LogP contribution in [0.5, 0.6) is 0 Å². The number of nitrogens with zero attached hydrogens (tertiary/aromatic N) is 2. The predicted octanol–water partition coefficient (Wildman–Crippen LogP) is 0.927. The highest BCUT2D eigenvalue weighted by Gasteiger charge is 2.45. The zero-order valence-electron chi connectivity index (χ0n) is 7.32. The maximum atomic E-state index is 9.21. The quantitative estimate of drug-likeness (QED) is 0.725. The molecule has 0 unspecified atom stereocenters. The monoisotopic (exact) mass is 166 g/mol. The molecule has 12 heavy (non-hydrogen) atoms. The number of hydrogen-bond acceptors (Lipinski definition) is 2. The fourth-order valence-electron chi connectivity index (χ4n) is 1.66. The maximum absolute atomic E-state index is 9.21. The van der Waals surface area contributed by atoms with Gasteiger partial charge in [-0.1, -0.05) is 0 Å². The minimum absolute atomic E-state index is 0.0620. The molecule has 0 spiro atoms. The average molecular weight is 166 g/mol. The standard InChI is InChI=1S/C9H14N2O/c1-2-11-7-10-5-8(11)9(6-12)3-4-9/h5,7,12H,2-4,6H2,1H3. The Labute approximate surface area is 72.0 Å². The highest BCUT2D eigenvalue weighted by molar-refractivity contribution is 5.23. The van der Waals surface area contributed by atoms with Crippen LogP contribution in [0.1, 0.15) is 25.5 Å². The first-order chi connectivity index (χ1) is 5.82. The van der Waals surface area contributed by atoms with Crippen LogP contribution in [0.3, 0.4) is 0 Å². The Morgan fingerprint density at radius 1 is 1.67 bits per heavy atom. The lowest BCUT2D eigenvalue weighted by atomic mass is 10.1. The van der Waals surface area contributed by atoms with Crippen molar-refractivity contribution in [3.05, 3.63) is 18.2 Å². The highest BCUT2D eigenvalue weighted by atomic mass is 16.3. The molecule has 1 aliphatic carbocycles. The summed E-state index contributed by atoms with van der Waals surface area (Å²) in [5, 5.41) is 9.21. The largest absolute Gasteiger partial charge is 0.395 e. The predicted molar refractivity (Wildman–Crippen MR) is 45.9 cm³/mol. The van der Waals surface area contributed by atoms with Crippen LogP contribution in [0.2, 0.25) is 0 Å². The summed E-state index contributed by atoms with van der Waals surface area (Å²) in [4.78, 5) is 4.10. The summed E-state index contributed by atoms with van der Waals surface area (Å²) >= 11 is 0. The van der Waals surface area contributed by atoms with Gasteiger partial charge in [0.05, 0.1) is 12.9 Å². The van der Waals surface area contributed by atoms with Crippen molar-refractivity contribution in [1.82, 2.24) is 9.55 Å². The first-order valence-electron chi connectivity index (χ1n) is 4.44. The van der Waals surface area contributed by atoms with Gasteiger partial charge in [-0.25, -0.2) is 4.98 Å². The van der Waals surface area contributed by atoms with Gasteiger partial charge in [-0.15, -0.1) is 0 Å². The van der Waals surface area contributed by atoms with Gasteiger partial charge < -0.3 is 9.67 Å². The maximum Gasteiger partial charge on any atom is 0.0948 e. The van der Waals surface area contributed by atoms with Gasteiger partial charge in [0.2, 0.25) is 0 Å². The molecule has 3 heteroatoms. The van der Waals surface area contributed by atoms with E-state index in [9.17, 15) is 5.11 Å². The molecule has 0 amide bonds. The van der Waals surface area contributed by atoms with E-state index in [0.717, 1.165) is 19.4 Å². The Morgan fingerprint density at radius 3 is 2.92 bits per heavy atom. The molecular formula is C9H14N2O. The molecule has 0 aromatic carbocycles. The van der Waals surface area contributed by atoms with Gasteiger partial charge in [0.1, 0.15) is 0 Å². The first kappa shape index (κ1) is 7.80. The minimum atomic E-state index is 0.0620. The Bertz CT molecular complexity index is 276. The van der Waals surface area contributed by atoms with E-state index in [4.69, 9.17) is 0 Å². The molecule has 1 aromatic rings. The summed E-state index contributed by atoms with van der Waals surface area (Å²) < 4.78 is 2.11. The Morgan fingerprint density at radius 2 is 2.42 bits per heavy atom. The Hall–Kier alpha value is -0.830. The van der Waals surface area contributed by atoms with Crippen molar-refractivity contribution in [2.75, 3.05) is 6.61 Å². The van der Waals surface area contributed by atoms with Gasteiger partial charge in [-0.05, 0) is 19.8 Å². The molecule has 1 fully saturated rings. The lowest BCUT2D eigenvalue weighted by molar-refractivity contribution is 0.249. The van der Waals surface area contributed by atoms with Crippen LogP contribution in [0.15, 0.2) is 12.5 Å². The van der Waals surface area contributed by atoms with E-state index in [1.54, 1.807) is 0 Å². The molecule has 1 heterocycles. The van der Waals surface area contributed by atoms with E-state index < -0.39 is 0 Å². The van der Waals surface area contributed by atoms with Crippen molar-refractivity contribution >= 4 is 0 Å². The van der Waals surface area contributed by atoms with Gasteiger partial charge in [-0.3, -0.25) is 0 Å². The second kappa shape index (κ2) is 2.59. The first-order valence-corrected chi connectivity index (χ1v) is 4.44. The van der Waals surface area contributed by atoms with Crippen molar-refractivity contribution in [3.63, 3.8) is 0 Å². The number of aliphatic hydroxyl groups is 1. The number of aliphatic hydroxyl groups excluding tert-OH is 1. The second-order valence-corrected chi connectivity index (χ2v) is 3.50. The molecule has 3 nitrogen and oxygen atoms in total. The lowest BCUT2D eigenvalue weighted by Gasteiger charge is -2.13. The fourth-order valence-corrected chi connectivity index (χ4v) is 1.66. The molecule has 1 aliphatic rings. The van der Waals surface area contributed by atoms with E-state index in [2.05, 4.69) is 16.5 Å². The van der Waals surface area contributed by atoms with E-state index in [0.29, 0.717) is 0 Å². The summed E-state index contributed by atoms with van der Waals surface area (Å²) in [5.41, 5.74) is 1.26. The molecule has 1 saturated carbocycles. The van der Waals surface area contributed by atoms with Gasteiger partial charge in [0, 0.05) is 23.9 Å². The molecule has 66 valence electrons. The Balaban J connectivity index is 2.32. The van der Waals surface area contributed by atoms with Crippen molar-refractivity contribution < 1.29 is 5.11 Å². The van der Waals surface area contributed by atoms with E-state index in [1.165, 1.54) is 5.69 Å².